The van der Waals surface area contributed by atoms with Crippen LogP contribution in [-0.4, -0.2) is 23.0 Å². The Hall–Kier alpha value is -0.880. The van der Waals surface area contributed by atoms with Gasteiger partial charge >= 0.3 is 5.97 Å². The molecule has 1 aromatic rings. The largest absolute Gasteiger partial charge is 0.480 e. The molecule has 0 saturated heterocycles. The average molecular weight is 379 g/mol. The fourth-order valence-electron chi connectivity index (χ4n) is 1.42. The molecule has 0 aliphatic heterocycles. The van der Waals surface area contributed by atoms with Crippen LogP contribution in [0.4, 0.5) is 0 Å². The Balaban J connectivity index is 2.90. The van der Waals surface area contributed by atoms with Crippen molar-refractivity contribution >= 4 is 43.7 Å². The molecule has 4 nitrogen and oxygen atoms in total. The van der Waals surface area contributed by atoms with Crippen LogP contribution in [0.1, 0.15) is 24.2 Å². The normalized spacial score (nSPS) is 12.3. The first-order chi connectivity index (χ1) is 8.31. The molecule has 1 amide bonds. The first-order valence-electron chi connectivity index (χ1n) is 5.31. The quantitative estimate of drug-likeness (QED) is 0.846. The van der Waals surface area contributed by atoms with Gasteiger partial charge in [-0.2, -0.15) is 0 Å². The number of aliphatic carboxylic acids is 1. The number of hydrogen-bond acceptors (Lipinski definition) is 2. The lowest BCUT2D eigenvalue weighted by Gasteiger charge is -2.18. The predicted octanol–water partition coefficient (Wildman–Crippen LogP) is 3.05. The smallest absolute Gasteiger partial charge is 0.326 e. The molecule has 1 rings (SSSR count). The van der Waals surface area contributed by atoms with Crippen molar-refractivity contribution in [3.63, 3.8) is 0 Å². The molecule has 0 heterocycles. The summed E-state index contributed by atoms with van der Waals surface area (Å²) in [6, 6.07) is 4.18. The number of carbonyl (C=O) groups excluding carboxylic acids is 1. The highest BCUT2D eigenvalue weighted by molar-refractivity contribution is 9.11. The summed E-state index contributed by atoms with van der Waals surface area (Å²) in [6.07, 6.45) is 0. The van der Waals surface area contributed by atoms with Gasteiger partial charge in [-0.05, 0) is 24.1 Å². The van der Waals surface area contributed by atoms with E-state index in [0.717, 1.165) is 8.95 Å². The molecule has 0 fully saturated rings. The summed E-state index contributed by atoms with van der Waals surface area (Å²) < 4.78 is 1.50. The number of rotatable bonds is 4. The summed E-state index contributed by atoms with van der Waals surface area (Å²) in [5.74, 6) is -1.62. The first-order valence-corrected chi connectivity index (χ1v) is 6.89. The summed E-state index contributed by atoms with van der Waals surface area (Å²) in [4.78, 5) is 23.0. The van der Waals surface area contributed by atoms with Crippen molar-refractivity contribution in [1.29, 1.82) is 0 Å². The molecule has 2 N–H and O–H groups in total. The van der Waals surface area contributed by atoms with Gasteiger partial charge in [-0.1, -0.05) is 45.7 Å². The third-order valence-corrected chi connectivity index (χ3v) is 3.26. The van der Waals surface area contributed by atoms with Gasteiger partial charge in [0.05, 0.1) is 0 Å². The fourth-order valence-corrected chi connectivity index (χ4v) is 2.72. The van der Waals surface area contributed by atoms with Gasteiger partial charge in [0, 0.05) is 14.5 Å². The minimum Gasteiger partial charge on any atom is -0.480 e. The van der Waals surface area contributed by atoms with Crippen LogP contribution in [-0.2, 0) is 4.79 Å². The zero-order chi connectivity index (χ0) is 13.9. The standard InChI is InChI=1S/C12H13Br2NO3/c1-6(2)10(12(17)18)15-11(16)7-3-8(13)5-9(14)4-7/h3-6,10H,1-2H3,(H,15,16)(H,17,18)/t10-/m1/s1. The molecule has 0 saturated carbocycles. The SMILES string of the molecule is CC(C)[C@@H](NC(=O)c1cc(Br)cc(Br)c1)C(=O)O. The summed E-state index contributed by atoms with van der Waals surface area (Å²) in [5.41, 5.74) is 0.406. The Morgan fingerprint density at radius 3 is 2.06 bits per heavy atom. The second-order valence-corrected chi connectivity index (χ2v) is 6.02. The van der Waals surface area contributed by atoms with Crippen molar-refractivity contribution in [2.45, 2.75) is 19.9 Å². The topological polar surface area (TPSA) is 66.4 Å². The molecule has 0 bridgehead atoms. The highest BCUT2D eigenvalue weighted by Crippen LogP contribution is 2.20. The first kappa shape index (κ1) is 15.2. The second-order valence-electron chi connectivity index (χ2n) is 4.19. The van der Waals surface area contributed by atoms with Gasteiger partial charge in [0.25, 0.3) is 5.91 Å². The monoisotopic (exact) mass is 377 g/mol. The van der Waals surface area contributed by atoms with Crippen LogP contribution in [0.2, 0.25) is 0 Å². The molecule has 98 valence electrons. The van der Waals surface area contributed by atoms with Crippen molar-refractivity contribution < 1.29 is 14.7 Å². The Morgan fingerprint density at radius 1 is 1.17 bits per heavy atom. The van der Waals surface area contributed by atoms with E-state index >= 15 is 0 Å². The van der Waals surface area contributed by atoms with Crippen LogP contribution in [0.15, 0.2) is 27.1 Å². The van der Waals surface area contributed by atoms with Crippen LogP contribution in [0, 0.1) is 5.92 Å². The molecule has 0 spiro atoms. The molecule has 0 unspecified atom stereocenters. The second kappa shape index (κ2) is 6.33. The lowest BCUT2D eigenvalue weighted by Crippen LogP contribution is -2.44. The summed E-state index contributed by atoms with van der Waals surface area (Å²) >= 11 is 6.56. The highest BCUT2D eigenvalue weighted by Gasteiger charge is 2.24. The number of nitrogens with one attached hydrogen (secondary N) is 1. The Labute approximate surface area is 122 Å². The number of carboxylic acid groups (broad SMARTS) is 1. The van der Waals surface area contributed by atoms with E-state index < -0.39 is 17.9 Å². The van der Waals surface area contributed by atoms with Crippen molar-refractivity contribution in [2.75, 3.05) is 0 Å². The fraction of sp³-hybridized carbons (Fsp3) is 0.333. The van der Waals surface area contributed by atoms with E-state index in [0.29, 0.717) is 5.56 Å². The lowest BCUT2D eigenvalue weighted by molar-refractivity contribution is -0.140. The van der Waals surface area contributed by atoms with Gasteiger partial charge in [-0.25, -0.2) is 4.79 Å². The van der Waals surface area contributed by atoms with Gasteiger partial charge in [0.2, 0.25) is 0 Å². The maximum Gasteiger partial charge on any atom is 0.326 e. The highest BCUT2D eigenvalue weighted by atomic mass is 79.9. The van der Waals surface area contributed by atoms with E-state index in [-0.39, 0.29) is 5.92 Å². The van der Waals surface area contributed by atoms with Crippen LogP contribution in [0.25, 0.3) is 0 Å². The van der Waals surface area contributed by atoms with Crippen molar-refractivity contribution in [3.05, 3.63) is 32.7 Å². The number of amides is 1. The number of hydrogen-bond donors (Lipinski definition) is 2. The van der Waals surface area contributed by atoms with E-state index in [1.807, 2.05) is 0 Å². The zero-order valence-corrected chi connectivity index (χ0v) is 13.1. The maximum absolute atomic E-state index is 12.0. The maximum atomic E-state index is 12.0. The van der Waals surface area contributed by atoms with E-state index in [1.54, 1.807) is 32.0 Å². The predicted molar refractivity (Wildman–Crippen MR) is 75.6 cm³/mol. The molecule has 1 aromatic carbocycles. The van der Waals surface area contributed by atoms with Crippen LogP contribution in [0.5, 0.6) is 0 Å². The third kappa shape index (κ3) is 4.10. The summed E-state index contributed by atoms with van der Waals surface area (Å²) in [5, 5.41) is 11.5. The minimum absolute atomic E-state index is 0.179. The lowest BCUT2D eigenvalue weighted by atomic mass is 10.0. The van der Waals surface area contributed by atoms with Crippen LogP contribution < -0.4 is 5.32 Å². The van der Waals surface area contributed by atoms with Gasteiger partial charge in [0.1, 0.15) is 6.04 Å². The summed E-state index contributed by atoms with van der Waals surface area (Å²) in [7, 11) is 0. The van der Waals surface area contributed by atoms with Gasteiger partial charge in [-0.3, -0.25) is 4.79 Å². The number of benzene rings is 1. The molecule has 0 aliphatic carbocycles. The number of carboxylic acids is 1. The number of carbonyl (C=O) groups is 2. The minimum atomic E-state index is -1.03. The van der Waals surface area contributed by atoms with E-state index in [2.05, 4.69) is 37.2 Å². The molecule has 0 aliphatic rings. The van der Waals surface area contributed by atoms with Gasteiger partial charge < -0.3 is 10.4 Å². The average Bonchev–Trinajstić information content (AvgIpc) is 2.23. The molecular formula is C12H13Br2NO3. The van der Waals surface area contributed by atoms with E-state index in [9.17, 15) is 9.59 Å². The van der Waals surface area contributed by atoms with Gasteiger partial charge in [0.15, 0.2) is 0 Å². The van der Waals surface area contributed by atoms with Crippen LogP contribution >= 0.6 is 31.9 Å². The van der Waals surface area contributed by atoms with Crippen molar-refractivity contribution in [1.82, 2.24) is 5.32 Å². The molecule has 0 aromatic heterocycles. The Kier molecular flexibility index (Phi) is 5.34. The summed E-state index contributed by atoms with van der Waals surface area (Å²) in [6.45, 7) is 3.49. The van der Waals surface area contributed by atoms with E-state index in [1.165, 1.54) is 0 Å². The molecule has 1 atom stereocenters. The Bertz CT molecular complexity index is 454. The van der Waals surface area contributed by atoms with Crippen molar-refractivity contribution in [3.8, 4) is 0 Å². The Morgan fingerprint density at radius 2 is 1.67 bits per heavy atom. The zero-order valence-electron chi connectivity index (χ0n) is 9.91. The number of halogens is 2. The van der Waals surface area contributed by atoms with Crippen LogP contribution in [0.3, 0.4) is 0 Å². The molecular weight excluding hydrogens is 366 g/mol. The molecule has 18 heavy (non-hydrogen) atoms. The molecule has 6 heteroatoms. The van der Waals surface area contributed by atoms with E-state index in [4.69, 9.17) is 5.11 Å². The molecule has 0 radical (unpaired) electrons. The third-order valence-electron chi connectivity index (χ3n) is 2.34. The van der Waals surface area contributed by atoms with Crippen molar-refractivity contribution in [2.24, 2.45) is 5.92 Å². The van der Waals surface area contributed by atoms with Gasteiger partial charge in [-0.15, -0.1) is 0 Å².